The molecule has 3 heterocycles. The maximum atomic E-state index is 12.7. The van der Waals surface area contributed by atoms with Gasteiger partial charge in [-0.3, -0.25) is 9.36 Å². The highest BCUT2D eigenvalue weighted by atomic mass is 127. The van der Waals surface area contributed by atoms with E-state index in [1.807, 2.05) is 52.1 Å². The Morgan fingerprint density at radius 1 is 0.962 bits per heavy atom. The van der Waals surface area contributed by atoms with E-state index >= 15 is 0 Å². The highest BCUT2D eigenvalue weighted by molar-refractivity contribution is 14.1. The first kappa shape index (κ1) is 17.0. The minimum absolute atomic E-state index is 0.0937. The van der Waals surface area contributed by atoms with Crippen LogP contribution in [0.3, 0.4) is 0 Å². The molecule has 4 rings (SSSR count). The van der Waals surface area contributed by atoms with Crippen molar-refractivity contribution in [3.63, 3.8) is 0 Å². The predicted octanol–water partition coefficient (Wildman–Crippen LogP) is 2.23. The first-order chi connectivity index (χ1) is 12.7. The Balaban J connectivity index is 1.40. The smallest absolute Gasteiger partial charge is 0.255 e. The molecule has 1 aromatic carbocycles. The number of nitrogens with zero attached hydrogens (tertiary/aromatic N) is 6. The van der Waals surface area contributed by atoms with Crippen LogP contribution in [-0.4, -0.2) is 56.7 Å². The summed E-state index contributed by atoms with van der Waals surface area (Å²) in [6.45, 7) is 2.84. The van der Waals surface area contributed by atoms with E-state index in [4.69, 9.17) is 0 Å². The van der Waals surface area contributed by atoms with Crippen LogP contribution >= 0.6 is 22.6 Å². The minimum atomic E-state index is 0.0937. The van der Waals surface area contributed by atoms with Gasteiger partial charge < -0.3 is 9.80 Å². The molecule has 8 heteroatoms. The number of carbonyl (C=O) groups excluding carboxylic acids is 1. The number of benzene rings is 1. The molecule has 7 nitrogen and oxygen atoms in total. The number of piperazine rings is 1. The van der Waals surface area contributed by atoms with Crippen LogP contribution in [0.5, 0.6) is 0 Å². The molecule has 0 bridgehead atoms. The van der Waals surface area contributed by atoms with Crippen LogP contribution in [0.25, 0.3) is 5.82 Å². The number of hydrogen-bond donors (Lipinski definition) is 0. The highest BCUT2D eigenvalue weighted by Gasteiger charge is 2.24. The molecule has 0 N–H and O–H groups in total. The topological polar surface area (TPSA) is 67.2 Å². The normalized spacial score (nSPS) is 14.5. The summed E-state index contributed by atoms with van der Waals surface area (Å²) in [4.78, 5) is 20.8. The number of rotatable bonds is 3. The molecule has 3 aromatic rings. The lowest BCUT2D eigenvalue weighted by Gasteiger charge is -2.35. The summed E-state index contributed by atoms with van der Waals surface area (Å²) in [6, 6.07) is 11.6. The van der Waals surface area contributed by atoms with E-state index in [0.717, 1.165) is 33.9 Å². The zero-order valence-corrected chi connectivity index (χ0v) is 16.2. The predicted molar refractivity (Wildman–Crippen MR) is 106 cm³/mol. The summed E-state index contributed by atoms with van der Waals surface area (Å²) in [5.41, 5.74) is 0.769. The van der Waals surface area contributed by atoms with Crippen molar-refractivity contribution in [3.05, 3.63) is 64.3 Å². The van der Waals surface area contributed by atoms with Crippen molar-refractivity contribution in [1.29, 1.82) is 0 Å². The van der Waals surface area contributed by atoms with Crippen LogP contribution in [0.2, 0.25) is 0 Å². The van der Waals surface area contributed by atoms with Crippen LogP contribution in [0.4, 0.5) is 5.82 Å². The first-order valence-corrected chi connectivity index (χ1v) is 9.41. The zero-order chi connectivity index (χ0) is 17.9. The number of carbonyl (C=O) groups is 1. The van der Waals surface area contributed by atoms with Gasteiger partial charge in [0.2, 0.25) is 0 Å². The van der Waals surface area contributed by atoms with E-state index in [2.05, 4.69) is 42.7 Å². The number of anilines is 1. The van der Waals surface area contributed by atoms with Crippen molar-refractivity contribution in [2.24, 2.45) is 0 Å². The van der Waals surface area contributed by atoms with Gasteiger partial charge in [0.15, 0.2) is 11.6 Å². The van der Waals surface area contributed by atoms with Gasteiger partial charge in [0.05, 0.1) is 5.56 Å². The monoisotopic (exact) mass is 460 g/mol. The lowest BCUT2D eigenvalue weighted by molar-refractivity contribution is 0.0745. The fourth-order valence-corrected chi connectivity index (χ4v) is 3.58. The maximum Gasteiger partial charge on any atom is 0.255 e. The highest BCUT2D eigenvalue weighted by Crippen LogP contribution is 2.18. The van der Waals surface area contributed by atoms with E-state index in [-0.39, 0.29) is 5.91 Å². The molecular weight excluding hydrogens is 443 g/mol. The third kappa shape index (κ3) is 3.41. The lowest BCUT2D eigenvalue weighted by atomic mass is 10.2. The second kappa shape index (κ2) is 7.40. The van der Waals surface area contributed by atoms with E-state index in [0.29, 0.717) is 13.1 Å². The molecule has 0 radical (unpaired) electrons. The summed E-state index contributed by atoms with van der Waals surface area (Å²) in [6.07, 6.45) is 5.23. The number of hydrogen-bond acceptors (Lipinski definition) is 5. The van der Waals surface area contributed by atoms with Gasteiger partial charge in [-0.1, -0.05) is 12.1 Å². The molecule has 0 atom stereocenters. The zero-order valence-electron chi connectivity index (χ0n) is 14.0. The van der Waals surface area contributed by atoms with Crippen LogP contribution in [0.1, 0.15) is 10.4 Å². The molecule has 0 saturated carbocycles. The molecule has 132 valence electrons. The quantitative estimate of drug-likeness (QED) is 0.561. The number of amides is 1. The Bertz CT molecular complexity index is 888. The third-order valence-corrected chi connectivity index (χ3v) is 5.34. The van der Waals surface area contributed by atoms with Crippen molar-refractivity contribution in [1.82, 2.24) is 24.6 Å². The molecule has 0 aliphatic carbocycles. The largest absolute Gasteiger partial charge is 0.352 e. The van der Waals surface area contributed by atoms with E-state index in [9.17, 15) is 4.79 Å². The standard InChI is InChI=1S/C18H17IN6O/c19-15-4-2-1-3-14(15)18(26)24-11-9-23(10-12-24)16-5-6-17(22-21-16)25-8-7-20-13-25/h1-8,13H,9-12H2. The van der Waals surface area contributed by atoms with Gasteiger partial charge in [-0.25, -0.2) is 4.98 Å². The Kier molecular flexibility index (Phi) is 4.83. The molecule has 0 unspecified atom stereocenters. The number of imidazole rings is 1. The van der Waals surface area contributed by atoms with Gasteiger partial charge in [-0.2, -0.15) is 0 Å². The first-order valence-electron chi connectivity index (χ1n) is 8.33. The molecular formula is C18H17IN6O. The fourth-order valence-electron chi connectivity index (χ4n) is 2.96. The molecule has 1 fully saturated rings. The Labute approximate surface area is 164 Å². The van der Waals surface area contributed by atoms with Gasteiger partial charge >= 0.3 is 0 Å². The molecule has 1 aliphatic heterocycles. The van der Waals surface area contributed by atoms with Crippen LogP contribution in [0.15, 0.2) is 55.1 Å². The fraction of sp³-hybridized carbons (Fsp3) is 0.222. The Morgan fingerprint density at radius 3 is 2.35 bits per heavy atom. The van der Waals surface area contributed by atoms with Crippen molar-refractivity contribution in [2.75, 3.05) is 31.1 Å². The average Bonchev–Trinajstić information content (AvgIpc) is 3.23. The molecule has 2 aromatic heterocycles. The molecule has 1 saturated heterocycles. The lowest BCUT2D eigenvalue weighted by Crippen LogP contribution is -2.49. The van der Waals surface area contributed by atoms with Crippen molar-refractivity contribution >= 4 is 34.3 Å². The second-order valence-electron chi connectivity index (χ2n) is 5.98. The summed E-state index contributed by atoms with van der Waals surface area (Å²) in [7, 11) is 0. The second-order valence-corrected chi connectivity index (χ2v) is 7.14. The Morgan fingerprint density at radius 2 is 1.69 bits per heavy atom. The van der Waals surface area contributed by atoms with Crippen LogP contribution < -0.4 is 4.90 Å². The number of aromatic nitrogens is 4. The molecule has 1 amide bonds. The average molecular weight is 460 g/mol. The van der Waals surface area contributed by atoms with Gasteiger partial charge in [0.25, 0.3) is 5.91 Å². The SMILES string of the molecule is O=C(c1ccccc1I)N1CCN(c2ccc(-n3ccnc3)nn2)CC1. The molecule has 0 spiro atoms. The van der Waals surface area contributed by atoms with E-state index in [1.165, 1.54) is 0 Å². The van der Waals surface area contributed by atoms with Crippen molar-refractivity contribution < 1.29 is 4.79 Å². The van der Waals surface area contributed by atoms with Gasteiger partial charge in [0, 0.05) is 42.1 Å². The van der Waals surface area contributed by atoms with Crippen LogP contribution in [0, 0.1) is 3.57 Å². The summed E-state index contributed by atoms with van der Waals surface area (Å²) in [5.74, 6) is 1.66. The van der Waals surface area contributed by atoms with E-state index < -0.39 is 0 Å². The maximum absolute atomic E-state index is 12.7. The van der Waals surface area contributed by atoms with E-state index in [1.54, 1.807) is 12.5 Å². The molecule has 26 heavy (non-hydrogen) atoms. The van der Waals surface area contributed by atoms with Gasteiger partial charge in [-0.05, 0) is 46.9 Å². The van der Waals surface area contributed by atoms with Crippen LogP contribution in [-0.2, 0) is 0 Å². The Hall–Kier alpha value is -2.49. The third-order valence-electron chi connectivity index (χ3n) is 4.40. The van der Waals surface area contributed by atoms with Gasteiger partial charge in [-0.15, -0.1) is 10.2 Å². The minimum Gasteiger partial charge on any atom is -0.352 e. The van der Waals surface area contributed by atoms with Crippen molar-refractivity contribution in [2.45, 2.75) is 0 Å². The summed E-state index contributed by atoms with van der Waals surface area (Å²) >= 11 is 2.21. The van der Waals surface area contributed by atoms with Gasteiger partial charge in [0.1, 0.15) is 6.33 Å². The number of halogens is 1. The van der Waals surface area contributed by atoms with Crippen molar-refractivity contribution in [3.8, 4) is 5.82 Å². The molecule has 1 aliphatic rings. The summed E-state index contributed by atoms with van der Waals surface area (Å²) in [5, 5.41) is 8.58. The summed E-state index contributed by atoms with van der Waals surface area (Å²) < 4.78 is 2.80.